The minimum atomic E-state index is -5.08. The molecule has 2 aromatic rings. The van der Waals surface area contributed by atoms with E-state index >= 15 is 0 Å². The van der Waals surface area contributed by atoms with Gasteiger partial charge in [-0.1, -0.05) is 18.2 Å². The average Bonchev–Trinajstić information content (AvgIpc) is 3.38. The van der Waals surface area contributed by atoms with E-state index in [1.807, 2.05) is 18.2 Å². The SMILES string of the molecule is O=C(O)C(F)(F)F.O=S(=O)(NCCC1CCOC12CN(Cc1ccco1)C2)c1ccccc1. The smallest absolute Gasteiger partial charge is 0.475 e. The van der Waals surface area contributed by atoms with Gasteiger partial charge in [0.05, 0.1) is 23.3 Å². The summed E-state index contributed by atoms with van der Waals surface area (Å²) in [6, 6.07) is 12.4. The molecule has 1 aromatic carbocycles. The van der Waals surface area contributed by atoms with E-state index in [1.54, 1.807) is 30.5 Å². The van der Waals surface area contributed by atoms with E-state index in [0.717, 1.165) is 44.8 Å². The molecule has 0 amide bonds. The first-order valence-electron chi connectivity index (χ1n) is 10.3. The molecule has 3 heterocycles. The van der Waals surface area contributed by atoms with Gasteiger partial charge in [-0.3, -0.25) is 4.90 Å². The number of hydrogen-bond acceptors (Lipinski definition) is 6. The normalized spacial score (nSPS) is 20.2. The number of aliphatic carboxylic acids is 1. The summed E-state index contributed by atoms with van der Waals surface area (Å²) in [6.45, 7) is 3.74. The summed E-state index contributed by atoms with van der Waals surface area (Å²) in [7, 11) is -3.44. The van der Waals surface area contributed by atoms with Gasteiger partial charge in [-0.15, -0.1) is 0 Å². The second-order valence-corrected chi connectivity index (χ2v) is 9.69. The molecule has 2 aliphatic rings. The molecule has 0 bridgehead atoms. The number of hydrogen-bond donors (Lipinski definition) is 2. The van der Waals surface area contributed by atoms with Crippen LogP contribution in [-0.4, -0.2) is 62.4 Å². The van der Waals surface area contributed by atoms with Gasteiger partial charge < -0.3 is 14.3 Å². The van der Waals surface area contributed by atoms with Crippen molar-refractivity contribution in [2.24, 2.45) is 5.92 Å². The third kappa shape index (κ3) is 6.56. The lowest BCUT2D eigenvalue weighted by atomic mass is 9.79. The molecule has 0 saturated carbocycles. The lowest BCUT2D eigenvalue weighted by Gasteiger charge is -2.50. The fraction of sp³-hybridized carbons (Fsp3) is 0.476. The number of benzene rings is 1. The molecule has 1 aromatic heterocycles. The zero-order valence-electron chi connectivity index (χ0n) is 17.6. The van der Waals surface area contributed by atoms with E-state index in [9.17, 15) is 21.6 Å². The van der Waals surface area contributed by atoms with E-state index < -0.39 is 22.2 Å². The van der Waals surface area contributed by atoms with Crippen molar-refractivity contribution in [3.8, 4) is 0 Å². The number of alkyl halides is 3. The zero-order chi connectivity index (χ0) is 24.1. The number of likely N-dealkylation sites (tertiary alicyclic amines) is 1. The second-order valence-electron chi connectivity index (χ2n) is 7.93. The van der Waals surface area contributed by atoms with E-state index in [0.29, 0.717) is 17.4 Å². The molecule has 1 unspecified atom stereocenters. The van der Waals surface area contributed by atoms with Crippen LogP contribution in [0.3, 0.4) is 0 Å². The van der Waals surface area contributed by atoms with E-state index in [4.69, 9.17) is 19.1 Å². The average molecular weight is 491 g/mol. The molecule has 2 aliphatic heterocycles. The summed E-state index contributed by atoms with van der Waals surface area (Å²) in [4.78, 5) is 11.5. The van der Waals surface area contributed by atoms with Gasteiger partial charge in [0, 0.05) is 26.2 Å². The van der Waals surface area contributed by atoms with Crippen LogP contribution in [0, 0.1) is 5.92 Å². The first-order chi connectivity index (χ1) is 15.5. The minimum Gasteiger partial charge on any atom is -0.475 e. The summed E-state index contributed by atoms with van der Waals surface area (Å²) in [5.74, 6) is -1.41. The molecule has 2 N–H and O–H groups in total. The minimum absolute atomic E-state index is 0.120. The van der Waals surface area contributed by atoms with Crippen LogP contribution >= 0.6 is 0 Å². The van der Waals surface area contributed by atoms with E-state index in [-0.39, 0.29) is 5.60 Å². The van der Waals surface area contributed by atoms with Gasteiger partial charge in [-0.25, -0.2) is 17.9 Å². The van der Waals surface area contributed by atoms with Crippen LogP contribution in [0.4, 0.5) is 13.2 Å². The molecule has 2 saturated heterocycles. The summed E-state index contributed by atoms with van der Waals surface area (Å²) < 4.78 is 70.6. The number of ether oxygens (including phenoxy) is 1. The fourth-order valence-corrected chi connectivity index (χ4v) is 5.11. The van der Waals surface area contributed by atoms with Crippen LogP contribution in [0.15, 0.2) is 58.0 Å². The predicted octanol–water partition coefficient (Wildman–Crippen LogP) is 2.87. The zero-order valence-corrected chi connectivity index (χ0v) is 18.4. The van der Waals surface area contributed by atoms with Crippen LogP contribution < -0.4 is 4.72 Å². The molecular weight excluding hydrogens is 465 g/mol. The maximum Gasteiger partial charge on any atom is 0.490 e. The molecule has 8 nitrogen and oxygen atoms in total. The standard InChI is InChI=1S/C19H24N2O4S.C2HF3O2/c22-26(23,18-6-2-1-3-7-18)20-10-8-16-9-12-25-19(16)14-21(15-19)13-17-5-4-11-24-17;3-2(4,5)1(6)7/h1-7,11,16,20H,8-10,12-15H2;(H,6,7). The monoisotopic (exact) mass is 490 g/mol. The Labute approximate surface area is 189 Å². The highest BCUT2D eigenvalue weighted by Crippen LogP contribution is 2.42. The van der Waals surface area contributed by atoms with Crippen molar-refractivity contribution in [2.75, 3.05) is 26.2 Å². The Morgan fingerprint density at radius 3 is 2.42 bits per heavy atom. The van der Waals surface area contributed by atoms with Crippen LogP contribution in [0.1, 0.15) is 18.6 Å². The Morgan fingerprint density at radius 2 is 1.85 bits per heavy atom. The van der Waals surface area contributed by atoms with Crippen molar-refractivity contribution in [2.45, 2.75) is 36.1 Å². The largest absolute Gasteiger partial charge is 0.490 e. The first kappa shape index (κ1) is 25.2. The van der Waals surface area contributed by atoms with Gasteiger partial charge >= 0.3 is 12.1 Å². The summed E-state index contributed by atoms with van der Waals surface area (Å²) in [5, 5.41) is 7.12. The number of nitrogens with zero attached hydrogens (tertiary/aromatic N) is 1. The van der Waals surface area contributed by atoms with Gasteiger partial charge in [0.1, 0.15) is 5.76 Å². The number of halogens is 3. The summed E-state index contributed by atoms with van der Waals surface area (Å²) >= 11 is 0. The molecule has 0 radical (unpaired) electrons. The van der Waals surface area contributed by atoms with Gasteiger partial charge in [0.15, 0.2) is 0 Å². The molecule has 1 atom stereocenters. The quantitative estimate of drug-likeness (QED) is 0.614. The molecule has 33 heavy (non-hydrogen) atoms. The number of furan rings is 1. The van der Waals surface area contributed by atoms with Crippen molar-refractivity contribution in [3.05, 3.63) is 54.5 Å². The highest BCUT2D eigenvalue weighted by Gasteiger charge is 2.52. The molecular formula is C21H25F3N2O6S. The Balaban J connectivity index is 0.000000383. The van der Waals surface area contributed by atoms with Gasteiger partial charge in [-0.2, -0.15) is 13.2 Å². The maximum absolute atomic E-state index is 12.3. The lowest BCUT2D eigenvalue weighted by molar-refractivity contribution is -0.192. The highest BCUT2D eigenvalue weighted by atomic mass is 32.2. The molecule has 2 fully saturated rings. The van der Waals surface area contributed by atoms with Gasteiger partial charge in [0.2, 0.25) is 10.0 Å². The number of sulfonamides is 1. The van der Waals surface area contributed by atoms with Crippen LogP contribution in [-0.2, 0) is 26.1 Å². The molecule has 12 heteroatoms. The number of carboxylic acid groups (broad SMARTS) is 1. The Morgan fingerprint density at radius 1 is 1.18 bits per heavy atom. The lowest BCUT2D eigenvalue weighted by Crippen LogP contribution is -2.64. The van der Waals surface area contributed by atoms with Crippen molar-refractivity contribution in [1.82, 2.24) is 9.62 Å². The van der Waals surface area contributed by atoms with E-state index in [1.165, 1.54) is 0 Å². The number of rotatable bonds is 7. The third-order valence-electron chi connectivity index (χ3n) is 5.62. The van der Waals surface area contributed by atoms with Crippen LogP contribution in [0.5, 0.6) is 0 Å². The van der Waals surface area contributed by atoms with Crippen molar-refractivity contribution in [1.29, 1.82) is 0 Å². The highest BCUT2D eigenvalue weighted by molar-refractivity contribution is 7.89. The second kappa shape index (κ2) is 10.2. The molecule has 4 rings (SSSR count). The topological polar surface area (TPSA) is 109 Å². The van der Waals surface area contributed by atoms with Gasteiger partial charge in [0.25, 0.3) is 0 Å². The third-order valence-corrected chi connectivity index (χ3v) is 7.10. The van der Waals surface area contributed by atoms with Crippen LogP contribution in [0.2, 0.25) is 0 Å². The van der Waals surface area contributed by atoms with E-state index in [2.05, 4.69) is 9.62 Å². The summed E-state index contributed by atoms with van der Waals surface area (Å²) in [5.41, 5.74) is -0.120. The number of carbonyl (C=O) groups is 1. The summed E-state index contributed by atoms with van der Waals surface area (Å²) in [6.07, 6.45) is -1.61. The Bertz CT molecular complexity index is 1010. The van der Waals surface area contributed by atoms with Crippen molar-refractivity contribution < 1.29 is 40.6 Å². The fourth-order valence-electron chi connectivity index (χ4n) is 4.04. The molecule has 0 aliphatic carbocycles. The molecule has 1 spiro atoms. The first-order valence-corrected chi connectivity index (χ1v) is 11.7. The number of carboxylic acids is 1. The predicted molar refractivity (Wildman–Crippen MR) is 111 cm³/mol. The van der Waals surface area contributed by atoms with Crippen molar-refractivity contribution in [3.63, 3.8) is 0 Å². The Kier molecular flexibility index (Phi) is 7.83. The van der Waals surface area contributed by atoms with Crippen molar-refractivity contribution >= 4 is 16.0 Å². The van der Waals surface area contributed by atoms with Gasteiger partial charge in [-0.05, 0) is 43.0 Å². The molecule has 182 valence electrons. The maximum atomic E-state index is 12.3. The Hall–Kier alpha value is -2.41. The number of nitrogens with one attached hydrogen (secondary N) is 1. The van der Waals surface area contributed by atoms with Crippen LogP contribution in [0.25, 0.3) is 0 Å².